The van der Waals surface area contributed by atoms with E-state index in [-0.39, 0.29) is 31.1 Å². The number of hydrogen-bond donors (Lipinski definition) is 0. The van der Waals surface area contributed by atoms with Gasteiger partial charge in [-0.05, 0) is 44.9 Å². The van der Waals surface area contributed by atoms with E-state index in [1.165, 1.54) is 154 Å². The van der Waals surface area contributed by atoms with E-state index in [0.717, 1.165) is 57.8 Å². The van der Waals surface area contributed by atoms with Crippen molar-refractivity contribution < 1.29 is 28.6 Å². The van der Waals surface area contributed by atoms with Crippen molar-refractivity contribution in [1.82, 2.24) is 0 Å². The van der Waals surface area contributed by atoms with Gasteiger partial charge in [-0.1, -0.05) is 200 Å². The van der Waals surface area contributed by atoms with E-state index in [1.807, 2.05) is 0 Å². The summed E-state index contributed by atoms with van der Waals surface area (Å²) in [4.78, 5) is 37.5. The van der Waals surface area contributed by atoms with Crippen LogP contribution in [0.4, 0.5) is 0 Å². The fourth-order valence-corrected chi connectivity index (χ4v) is 6.73. The predicted molar refractivity (Wildman–Crippen MR) is 224 cm³/mol. The van der Waals surface area contributed by atoms with Gasteiger partial charge < -0.3 is 14.2 Å². The standard InChI is InChI=1S/C47H88O6/c1-4-7-10-13-16-18-19-20-21-22-23-24-25-26-27-29-31-34-37-40-46(49)52-43-44(42-51-45(48)39-36-33-30-15-12-9-6-3)53-47(50)41-38-35-32-28-17-14-11-8-5-2/h20-21,44H,4-19,22-43H2,1-3H3/b21-20-. The van der Waals surface area contributed by atoms with Gasteiger partial charge in [-0.15, -0.1) is 0 Å². The Labute approximate surface area is 329 Å². The number of hydrogen-bond acceptors (Lipinski definition) is 6. The van der Waals surface area contributed by atoms with Crippen molar-refractivity contribution in [2.75, 3.05) is 13.2 Å². The van der Waals surface area contributed by atoms with E-state index in [9.17, 15) is 14.4 Å². The SMILES string of the molecule is CCCCCCCC/C=C\CCCCCCCCCCCC(=O)OCC(COC(=O)CCCCCCCCC)OC(=O)CCCCCCCCCCC. The topological polar surface area (TPSA) is 78.9 Å². The minimum atomic E-state index is -0.760. The Morgan fingerprint density at radius 3 is 0.943 bits per heavy atom. The summed E-state index contributed by atoms with van der Waals surface area (Å²) in [5.74, 6) is -0.871. The molecule has 0 rings (SSSR count). The van der Waals surface area contributed by atoms with Gasteiger partial charge in [-0.25, -0.2) is 0 Å². The normalized spacial score (nSPS) is 12.0. The maximum absolute atomic E-state index is 12.6. The second-order valence-corrected chi connectivity index (χ2v) is 15.7. The maximum atomic E-state index is 12.6. The second kappa shape index (κ2) is 42.9. The van der Waals surface area contributed by atoms with E-state index in [2.05, 4.69) is 32.9 Å². The third kappa shape index (κ3) is 41.2. The summed E-state index contributed by atoms with van der Waals surface area (Å²) in [6, 6.07) is 0. The molecule has 312 valence electrons. The average molecular weight is 749 g/mol. The van der Waals surface area contributed by atoms with Crippen molar-refractivity contribution >= 4 is 17.9 Å². The molecule has 53 heavy (non-hydrogen) atoms. The first-order valence-corrected chi connectivity index (χ1v) is 23.2. The summed E-state index contributed by atoms with van der Waals surface area (Å²) in [6.45, 7) is 6.58. The molecule has 1 unspecified atom stereocenters. The zero-order valence-electron chi connectivity index (χ0n) is 35.6. The van der Waals surface area contributed by atoms with Gasteiger partial charge in [0.05, 0.1) is 0 Å². The van der Waals surface area contributed by atoms with Crippen LogP contribution in [-0.2, 0) is 28.6 Å². The van der Waals surface area contributed by atoms with Crippen LogP contribution in [0.1, 0.15) is 252 Å². The molecular weight excluding hydrogens is 661 g/mol. The van der Waals surface area contributed by atoms with Crippen molar-refractivity contribution in [3.05, 3.63) is 12.2 Å². The van der Waals surface area contributed by atoms with Gasteiger partial charge in [0.15, 0.2) is 6.10 Å². The maximum Gasteiger partial charge on any atom is 0.306 e. The first-order valence-electron chi connectivity index (χ1n) is 23.2. The summed E-state index contributed by atoms with van der Waals surface area (Å²) in [7, 11) is 0. The van der Waals surface area contributed by atoms with Crippen LogP contribution in [0.25, 0.3) is 0 Å². The van der Waals surface area contributed by atoms with E-state index in [0.29, 0.717) is 19.3 Å². The molecule has 0 saturated heterocycles. The average Bonchev–Trinajstić information content (AvgIpc) is 3.15. The van der Waals surface area contributed by atoms with Gasteiger partial charge in [0, 0.05) is 19.3 Å². The second-order valence-electron chi connectivity index (χ2n) is 15.7. The fraction of sp³-hybridized carbons (Fsp3) is 0.894. The Morgan fingerprint density at radius 1 is 0.358 bits per heavy atom. The highest BCUT2D eigenvalue weighted by molar-refractivity contribution is 5.71. The number of rotatable bonds is 42. The van der Waals surface area contributed by atoms with Gasteiger partial charge in [-0.2, -0.15) is 0 Å². The van der Waals surface area contributed by atoms with Crippen molar-refractivity contribution in [3.63, 3.8) is 0 Å². The molecule has 0 spiro atoms. The molecule has 0 aliphatic rings. The molecule has 0 aromatic rings. The molecule has 0 fully saturated rings. The lowest BCUT2D eigenvalue weighted by atomic mass is 10.1. The van der Waals surface area contributed by atoms with Crippen LogP contribution in [0, 0.1) is 0 Å². The Hall–Kier alpha value is -1.85. The van der Waals surface area contributed by atoms with Crippen LogP contribution in [0.5, 0.6) is 0 Å². The molecule has 0 aliphatic carbocycles. The number of carbonyl (C=O) groups excluding carboxylic acids is 3. The molecule has 6 heteroatoms. The van der Waals surface area contributed by atoms with E-state index in [1.54, 1.807) is 0 Å². The summed E-state index contributed by atoms with van der Waals surface area (Å²) < 4.78 is 16.6. The number of unbranched alkanes of at least 4 members (excludes halogenated alkanes) is 29. The van der Waals surface area contributed by atoms with E-state index in [4.69, 9.17) is 14.2 Å². The fourth-order valence-electron chi connectivity index (χ4n) is 6.73. The van der Waals surface area contributed by atoms with Crippen molar-refractivity contribution in [2.45, 2.75) is 258 Å². The number of carbonyl (C=O) groups is 3. The van der Waals surface area contributed by atoms with Crippen LogP contribution >= 0.6 is 0 Å². The molecule has 0 heterocycles. The Morgan fingerprint density at radius 2 is 0.623 bits per heavy atom. The predicted octanol–water partition coefficient (Wildman–Crippen LogP) is 14.6. The van der Waals surface area contributed by atoms with Crippen LogP contribution in [0.3, 0.4) is 0 Å². The van der Waals surface area contributed by atoms with Gasteiger partial charge in [0.25, 0.3) is 0 Å². The van der Waals surface area contributed by atoms with Crippen molar-refractivity contribution in [1.29, 1.82) is 0 Å². The molecule has 0 amide bonds. The number of allylic oxidation sites excluding steroid dienone is 2. The van der Waals surface area contributed by atoms with Crippen molar-refractivity contribution in [3.8, 4) is 0 Å². The molecule has 0 bridgehead atoms. The molecule has 6 nitrogen and oxygen atoms in total. The first-order chi connectivity index (χ1) is 26.0. The summed E-state index contributed by atoms with van der Waals surface area (Å²) in [6.07, 6.45) is 45.0. The Balaban J connectivity index is 4.16. The van der Waals surface area contributed by atoms with Crippen LogP contribution in [-0.4, -0.2) is 37.2 Å². The van der Waals surface area contributed by atoms with Crippen molar-refractivity contribution in [2.24, 2.45) is 0 Å². The van der Waals surface area contributed by atoms with Gasteiger partial charge in [0.1, 0.15) is 13.2 Å². The first kappa shape index (κ1) is 51.1. The van der Waals surface area contributed by atoms with E-state index >= 15 is 0 Å². The lowest BCUT2D eigenvalue weighted by molar-refractivity contribution is -0.167. The molecule has 0 aromatic heterocycles. The smallest absolute Gasteiger partial charge is 0.306 e. The van der Waals surface area contributed by atoms with Crippen LogP contribution in [0.15, 0.2) is 12.2 Å². The molecule has 0 saturated carbocycles. The zero-order chi connectivity index (χ0) is 38.7. The number of esters is 3. The van der Waals surface area contributed by atoms with Gasteiger partial charge >= 0.3 is 17.9 Å². The molecule has 1 atom stereocenters. The Kier molecular flexibility index (Phi) is 41.4. The third-order valence-electron chi connectivity index (χ3n) is 10.3. The third-order valence-corrected chi connectivity index (χ3v) is 10.3. The molecule has 0 aromatic carbocycles. The minimum absolute atomic E-state index is 0.0674. The molecule has 0 radical (unpaired) electrons. The zero-order valence-corrected chi connectivity index (χ0v) is 35.6. The summed E-state index contributed by atoms with van der Waals surface area (Å²) >= 11 is 0. The molecule has 0 N–H and O–H groups in total. The lowest BCUT2D eigenvalue weighted by Gasteiger charge is -2.18. The Bertz CT molecular complexity index is 824. The number of ether oxygens (including phenoxy) is 3. The summed E-state index contributed by atoms with van der Waals surface area (Å²) in [5, 5.41) is 0. The van der Waals surface area contributed by atoms with Gasteiger partial charge in [-0.3, -0.25) is 14.4 Å². The monoisotopic (exact) mass is 749 g/mol. The minimum Gasteiger partial charge on any atom is -0.462 e. The highest BCUT2D eigenvalue weighted by Crippen LogP contribution is 2.15. The summed E-state index contributed by atoms with van der Waals surface area (Å²) in [5.41, 5.74) is 0. The highest BCUT2D eigenvalue weighted by Gasteiger charge is 2.19. The van der Waals surface area contributed by atoms with Crippen LogP contribution < -0.4 is 0 Å². The highest BCUT2D eigenvalue weighted by atomic mass is 16.6. The molecule has 0 aliphatic heterocycles. The van der Waals surface area contributed by atoms with E-state index < -0.39 is 6.10 Å². The largest absolute Gasteiger partial charge is 0.462 e. The van der Waals surface area contributed by atoms with Crippen LogP contribution in [0.2, 0.25) is 0 Å². The van der Waals surface area contributed by atoms with Gasteiger partial charge in [0.2, 0.25) is 0 Å². The molecular formula is C47H88O6. The lowest BCUT2D eigenvalue weighted by Crippen LogP contribution is -2.30. The quantitative estimate of drug-likeness (QED) is 0.0268.